The van der Waals surface area contributed by atoms with Crippen LogP contribution in [0.2, 0.25) is 0 Å². The number of amides is 1. The zero-order valence-corrected chi connectivity index (χ0v) is 11.3. The lowest BCUT2D eigenvalue weighted by Gasteiger charge is -2.31. The molecule has 2 rings (SSSR count). The second-order valence-electron chi connectivity index (χ2n) is 5.22. The predicted molar refractivity (Wildman–Crippen MR) is 70.2 cm³/mol. The summed E-state index contributed by atoms with van der Waals surface area (Å²) in [5.41, 5.74) is 0.735. The van der Waals surface area contributed by atoms with Crippen LogP contribution in [-0.4, -0.2) is 11.9 Å². The molecule has 1 amide bonds. The van der Waals surface area contributed by atoms with Gasteiger partial charge in [0.05, 0.1) is 0 Å². The van der Waals surface area contributed by atoms with E-state index >= 15 is 0 Å². The van der Waals surface area contributed by atoms with Crippen LogP contribution < -0.4 is 10.4 Å². The van der Waals surface area contributed by atoms with Gasteiger partial charge in [-0.05, 0) is 31.9 Å². The molecular weight excluding hydrogens is 261 g/mol. The van der Waals surface area contributed by atoms with E-state index < -0.39 is 23.6 Å². The van der Waals surface area contributed by atoms with E-state index in [0.29, 0.717) is 24.1 Å². The summed E-state index contributed by atoms with van der Waals surface area (Å²) in [4.78, 5) is 23.3. The van der Waals surface area contributed by atoms with Gasteiger partial charge >= 0.3 is 0 Å². The van der Waals surface area contributed by atoms with E-state index in [-0.39, 0.29) is 5.91 Å². The molecule has 4 nitrogen and oxygen atoms in total. The van der Waals surface area contributed by atoms with Gasteiger partial charge in [-0.3, -0.25) is 4.79 Å². The molecule has 0 aliphatic heterocycles. The van der Waals surface area contributed by atoms with Crippen molar-refractivity contribution in [1.82, 2.24) is 0 Å². The number of hydrogen-bond acceptors (Lipinski definition) is 3. The molecule has 5 heteroatoms. The van der Waals surface area contributed by atoms with Crippen LogP contribution in [0, 0.1) is 24.6 Å². The molecule has 1 fully saturated rings. The lowest BCUT2D eigenvalue weighted by atomic mass is 9.78. The Morgan fingerprint density at radius 2 is 1.90 bits per heavy atom. The number of rotatable bonds is 3. The first-order valence-electron chi connectivity index (χ1n) is 6.77. The first-order chi connectivity index (χ1) is 9.50. The summed E-state index contributed by atoms with van der Waals surface area (Å²) in [6.45, 7) is 1.57. The fourth-order valence-corrected chi connectivity index (χ4v) is 2.70. The Bertz CT molecular complexity index is 530. The highest BCUT2D eigenvalue weighted by molar-refractivity contribution is 5.95. The van der Waals surface area contributed by atoms with Crippen molar-refractivity contribution in [3.05, 3.63) is 29.6 Å². The molecule has 1 N–H and O–H groups in total. The van der Waals surface area contributed by atoms with Crippen molar-refractivity contribution < 1.29 is 19.1 Å². The van der Waals surface area contributed by atoms with Crippen molar-refractivity contribution in [3.8, 4) is 0 Å². The Morgan fingerprint density at radius 1 is 1.25 bits per heavy atom. The van der Waals surface area contributed by atoms with E-state index in [4.69, 9.17) is 0 Å². The molecule has 0 saturated heterocycles. The van der Waals surface area contributed by atoms with Crippen molar-refractivity contribution in [2.45, 2.75) is 32.6 Å². The fourth-order valence-electron chi connectivity index (χ4n) is 2.70. The highest BCUT2D eigenvalue weighted by atomic mass is 19.1. The lowest BCUT2D eigenvalue weighted by molar-refractivity contribution is -0.313. The standard InChI is InChI=1S/C15H18FNO3/c1-9-12(16)7-4-8-13(9)17-14(18)10-5-2-3-6-11(10)15(19)20/h4,7-8,10-11H,2-3,5-6H2,1H3,(H,17,18)(H,19,20)/p-1/t10-,11-/m1/s1. The van der Waals surface area contributed by atoms with E-state index in [1.54, 1.807) is 13.0 Å². The highest BCUT2D eigenvalue weighted by Gasteiger charge is 2.32. The van der Waals surface area contributed by atoms with Gasteiger partial charge in [-0.25, -0.2) is 4.39 Å². The summed E-state index contributed by atoms with van der Waals surface area (Å²) in [7, 11) is 0. The minimum absolute atomic E-state index is 0.349. The summed E-state index contributed by atoms with van der Waals surface area (Å²) in [5.74, 6) is -3.30. The Kier molecular flexibility index (Phi) is 4.37. The second-order valence-corrected chi connectivity index (χ2v) is 5.22. The van der Waals surface area contributed by atoms with Gasteiger partial charge < -0.3 is 15.2 Å². The van der Waals surface area contributed by atoms with Crippen LogP contribution in [0.5, 0.6) is 0 Å². The topological polar surface area (TPSA) is 69.2 Å². The molecule has 0 radical (unpaired) electrons. The van der Waals surface area contributed by atoms with Crippen LogP contribution >= 0.6 is 0 Å². The van der Waals surface area contributed by atoms with Crippen molar-refractivity contribution in [3.63, 3.8) is 0 Å². The monoisotopic (exact) mass is 278 g/mol. The van der Waals surface area contributed by atoms with E-state index in [2.05, 4.69) is 5.32 Å². The van der Waals surface area contributed by atoms with Crippen LogP contribution in [0.25, 0.3) is 0 Å². The lowest BCUT2D eigenvalue weighted by Crippen LogP contribution is -2.42. The van der Waals surface area contributed by atoms with E-state index in [1.165, 1.54) is 12.1 Å². The molecule has 0 unspecified atom stereocenters. The molecule has 20 heavy (non-hydrogen) atoms. The molecule has 1 aromatic rings. The first-order valence-corrected chi connectivity index (χ1v) is 6.77. The van der Waals surface area contributed by atoms with Gasteiger partial charge in [0, 0.05) is 29.1 Å². The van der Waals surface area contributed by atoms with Gasteiger partial charge in [-0.2, -0.15) is 0 Å². The average Bonchev–Trinajstić information content (AvgIpc) is 2.43. The fraction of sp³-hybridized carbons (Fsp3) is 0.467. The number of benzene rings is 1. The molecule has 1 saturated carbocycles. The third-order valence-corrected chi connectivity index (χ3v) is 3.93. The average molecular weight is 278 g/mol. The third kappa shape index (κ3) is 2.98. The number of carboxylic acids is 1. The Labute approximate surface area is 117 Å². The summed E-state index contributed by atoms with van der Waals surface area (Å²) in [6, 6.07) is 4.43. The summed E-state index contributed by atoms with van der Waals surface area (Å²) < 4.78 is 13.4. The van der Waals surface area contributed by atoms with Crippen molar-refractivity contribution in [2.24, 2.45) is 11.8 Å². The Morgan fingerprint density at radius 3 is 2.55 bits per heavy atom. The van der Waals surface area contributed by atoms with Crippen molar-refractivity contribution >= 4 is 17.6 Å². The zero-order valence-electron chi connectivity index (χ0n) is 11.3. The number of halogens is 1. The van der Waals surface area contributed by atoms with Crippen LogP contribution in [0.15, 0.2) is 18.2 Å². The number of carboxylic acid groups (broad SMARTS) is 1. The molecule has 0 heterocycles. The zero-order chi connectivity index (χ0) is 14.7. The molecular formula is C15H17FNO3-. The maximum absolute atomic E-state index is 13.4. The van der Waals surface area contributed by atoms with Crippen molar-refractivity contribution in [2.75, 3.05) is 5.32 Å². The predicted octanol–water partition coefficient (Wildman–Crippen LogP) is 1.63. The smallest absolute Gasteiger partial charge is 0.228 e. The summed E-state index contributed by atoms with van der Waals surface area (Å²) in [5, 5.41) is 13.7. The summed E-state index contributed by atoms with van der Waals surface area (Å²) >= 11 is 0. The molecule has 1 aromatic carbocycles. The molecule has 0 aromatic heterocycles. The highest BCUT2D eigenvalue weighted by Crippen LogP contribution is 2.31. The quantitative estimate of drug-likeness (QED) is 0.913. The Hall–Kier alpha value is -1.91. The molecule has 108 valence electrons. The Balaban J connectivity index is 2.14. The van der Waals surface area contributed by atoms with Crippen LogP contribution in [0.4, 0.5) is 10.1 Å². The maximum Gasteiger partial charge on any atom is 0.228 e. The molecule has 1 aliphatic carbocycles. The van der Waals surface area contributed by atoms with Gasteiger partial charge in [-0.15, -0.1) is 0 Å². The SMILES string of the molecule is Cc1c(F)cccc1NC(=O)[C@@H]1CCCC[C@H]1C(=O)[O-]. The van der Waals surface area contributed by atoms with Crippen LogP contribution in [0.1, 0.15) is 31.2 Å². The number of hydrogen-bond donors (Lipinski definition) is 1. The normalized spacial score (nSPS) is 22.3. The van der Waals surface area contributed by atoms with E-state index in [1.807, 2.05) is 0 Å². The number of anilines is 1. The number of nitrogens with one attached hydrogen (secondary N) is 1. The van der Waals surface area contributed by atoms with Gasteiger partial charge in [0.25, 0.3) is 0 Å². The second kappa shape index (κ2) is 6.03. The minimum atomic E-state index is -1.18. The minimum Gasteiger partial charge on any atom is -0.550 e. The third-order valence-electron chi connectivity index (χ3n) is 3.93. The van der Waals surface area contributed by atoms with Gasteiger partial charge in [0.15, 0.2) is 0 Å². The van der Waals surface area contributed by atoms with Crippen LogP contribution in [-0.2, 0) is 9.59 Å². The van der Waals surface area contributed by atoms with E-state index in [0.717, 1.165) is 12.8 Å². The molecule has 2 atom stereocenters. The maximum atomic E-state index is 13.4. The number of aliphatic carboxylic acids is 1. The van der Waals surface area contributed by atoms with Gasteiger partial charge in [-0.1, -0.05) is 18.9 Å². The number of carbonyl (C=O) groups is 2. The molecule has 0 spiro atoms. The number of carbonyl (C=O) groups excluding carboxylic acids is 2. The largest absolute Gasteiger partial charge is 0.550 e. The first kappa shape index (κ1) is 14.5. The molecule has 1 aliphatic rings. The summed E-state index contributed by atoms with van der Waals surface area (Å²) in [6.07, 6.45) is 2.60. The van der Waals surface area contributed by atoms with E-state index in [9.17, 15) is 19.1 Å². The van der Waals surface area contributed by atoms with Gasteiger partial charge in [0.2, 0.25) is 5.91 Å². The van der Waals surface area contributed by atoms with Crippen molar-refractivity contribution in [1.29, 1.82) is 0 Å². The van der Waals surface area contributed by atoms with Gasteiger partial charge in [0.1, 0.15) is 5.82 Å². The van der Waals surface area contributed by atoms with Crippen LogP contribution in [0.3, 0.4) is 0 Å². The molecule has 0 bridgehead atoms.